The van der Waals surface area contributed by atoms with E-state index in [1.165, 1.54) is 19.3 Å². The summed E-state index contributed by atoms with van der Waals surface area (Å²) in [7, 11) is 1.67. The molecule has 3 unspecified atom stereocenters. The molecule has 2 fully saturated rings. The quantitative estimate of drug-likeness (QED) is 0.926. The lowest BCUT2D eigenvalue weighted by Gasteiger charge is -2.39. The molecule has 2 aliphatic rings. The van der Waals surface area contributed by atoms with Crippen LogP contribution in [0.1, 0.15) is 44.8 Å². The van der Waals surface area contributed by atoms with E-state index in [2.05, 4.69) is 17.1 Å². The van der Waals surface area contributed by atoms with E-state index in [0.717, 1.165) is 11.3 Å². The van der Waals surface area contributed by atoms with Crippen molar-refractivity contribution in [1.82, 2.24) is 10.2 Å². The van der Waals surface area contributed by atoms with Gasteiger partial charge in [0.2, 0.25) is 5.91 Å². The van der Waals surface area contributed by atoms with Crippen molar-refractivity contribution in [3.8, 4) is 5.75 Å². The maximum atomic E-state index is 12.5. The Balaban J connectivity index is 1.85. The highest BCUT2D eigenvalue weighted by molar-refractivity contribution is 5.84. The van der Waals surface area contributed by atoms with Crippen LogP contribution in [0.2, 0.25) is 0 Å². The number of rotatable bonds is 4. The van der Waals surface area contributed by atoms with Gasteiger partial charge in [-0.2, -0.15) is 0 Å². The van der Waals surface area contributed by atoms with Gasteiger partial charge in [-0.3, -0.25) is 10.1 Å². The molecule has 0 spiro atoms. The number of nitrogens with one attached hydrogen (secondary N) is 1. The molecule has 1 amide bonds. The van der Waals surface area contributed by atoms with Crippen LogP contribution in [-0.4, -0.2) is 30.0 Å². The summed E-state index contributed by atoms with van der Waals surface area (Å²) >= 11 is 0. The number of carbonyl (C=O) groups is 1. The molecule has 4 heteroatoms. The van der Waals surface area contributed by atoms with Gasteiger partial charge >= 0.3 is 0 Å². The molecule has 114 valence electrons. The number of carbonyl (C=O) groups excluding carboxylic acids is 1. The lowest BCUT2D eigenvalue weighted by atomic mass is 9.79. The number of benzene rings is 1. The van der Waals surface area contributed by atoms with E-state index in [1.807, 2.05) is 31.2 Å². The van der Waals surface area contributed by atoms with Gasteiger partial charge in [-0.25, -0.2) is 0 Å². The topological polar surface area (TPSA) is 41.6 Å². The second-order valence-corrected chi connectivity index (χ2v) is 6.24. The van der Waals surface area contributed by atoms with Gasteiger partial charge in [0.1, 0.15) is 11.9 Å². The monoisotopic (exact) mass is 288 g/mol. The number of hydrogen-bond acceptors (Lipinski definition) is 3. The predicted molar refractivity (Wildman–Crippen MR) is 82.0 cm³/mol. The third-order valence-electron chi connectivity index (χ3n) is 5.01. The number of nitrogens with zero attached hydrogens (tertiary/aromatic N) is 1. The molecule has 0 radical (unpaired) electrons. The standard InChI is InChI=1S/C17H24N2O2/c1-11-17(20)19(12(2)13-5-4-6-13)16(18-11)14-7-9-15(21-3)10-8-14/h7-13,16,18H,4-6H2,1-3H3. The summed E-state index contributed by atoms with van der Waals surface area (Å²) in [4.78, 5) is 14.6. The summed E-state index contributed by atoms with van der Waals surface area (Å²) in [5.74, 6) is 1.71. The van der Waals surface area contributed by atoms with E-state index in [-0.39, 0.29) is 18.1 Å². The lowest BCUT2D eigenvalue weighted by Crippen LogP contribution is -2.44. The third kappa shape index (κ3) is 2.53. The molecule has 1 aliphatic carbocycles. The van der Waals surface area contributed by atoms with Gasteiger partial charge < -0.3 is 9.64 Å². The molecule has 4 nitrogen and oxygen atoms in total. The van der Waals surface area contributed by atoms with E-state index < -0.39 is 0 Å². The molecule has 1 saturated heterocycles. The van der Waals surface area contributed by atoms with Crippen molar-refractivity contribution in [1.29, 1.82) is 0 Å². The molecule has 1 aliphatic heterocycles. The molecule has 1 aromatic carbocycles. The summed E-state index contributed by atoms with van der Waals surface area (Å²) in [6.07, 6.45) is 3.77. The second-order valence-electron chi connectivity index (χ2n) is 6.24. The van der Waals surface area contributed by atoms with Gasteiger partial charge in [0.05, 0.1) is 13.2 Å². The fourth-order valence-electron chi connectivity index (χ4n) is 3.37. The second kappa shape index (κ2) is 5.68. The molecular weight excluding hydrogens is 264 g/mol. The van der Waals surface area contributed by atoms with Crippen molar-refractivity contribution >= 4 is 5.91 Å². The van der Waals surface area contributed by atoms with Crippen molar-refractivity contribution in [2.45, 2.75) is 51.4 Å². The van der Waals surface area contributed by atoms with Crippen LogP contribution < -0.4 is 10.1 Å². The smallest absolute Gasteiger partial charge is 0.241 e. The Morgan fingerprint density at radius 3 is 2.48 bits per heavy atom. The van der Waals surface area contributed by atoms with Gasteiger partial charge in [-0.05, 0) is 50.3 Å². The summed E-state index contributed by atoms with van der Waals surface area (Å²) in [5, 5.41) is 3.43. The van der Waals surface area contributed by atoms with Gasteiger partial charge in [0.25, 0.3) is 0 Å². The number of methoxy groups -OCH3 is 1. The van der Waals surface area contributed by atoms with Crippen molar-refractivity contribution in [2.24, 2.45) is 5.92 Å². The minimum Gasteiger partial charge on any atom is -0.497 e. The fourth-order valence-corrected chi connectivity index (χ4v) is 3.37. The molecule has 21 heavy (non-hydrogen) atoms. The number of hydrogen-bond donors (Lipinski definition) is 1. The third-order valence-corrected chi connectivity index (χ3v) is 5.01. The van der Waals surface area contributed by atoms with E-state index in [4.69, 9.17) is 4.74 Å². The highest BCUT2D eigenvalue weighted by atomic mass is 16.5. The highest BCUT2D eigenvalue weighted by Crippen LogP contribution is 2.37. The van der Waals surface area contributed by atoms with Gasteiger partial charge in [-0.1, -0.05) is 18.6 Å². The molecule has 1 N–H and O–H groups in total. The van der Waals surface area contributed by atoms with Crippen LogP contribution in [0.15, 0.2) is 24.3 Å². The summed E-state index contributed by atoms with van der Waals surface area (Å²) in [6, 6.07) is 8.19. The molecule has 0 aromatic heterocycles. The summed E-state index contributed by atoms with van der Waals surface area (Å²) in [6.45, 7) is 4.14. The van der Waals surface area contributed by atoms with E-state index >= 15 is 0 Å². The van der Waals surface area contributed by atoms with E-state index in [0.29, 0.717) is 12.0 Å². The zero-order valence-corrected chi connectivity index (χ0v) is 13.0. The van der Waals surface area contributed by atoms with Crippen LogP contribution in [0, 0.1) is 5.92 Å². The van der Waals surface area contributed by atoms with E-state index in [1.54, 1.807) is 7.11 Å². The Bertz CT molecular complexity index is 510. The van der Waals surface area contributed by atoms with Gasteiger partial charge in [0.15, 0.2) is 0 Å². The van der Waals surface area contributed by atoms with Crippen LogP contribution >= 0.6 is 0 Å². The minimum atomic E-state index is -0.111. The van der Waals surface area contributed by atoms with Crippen molar-refractivity contribution in [3.63, 3.8) is 0 Å². The highest BCUT2D eigenvalue weighted by Gasteiger charge is 2.42. The summed E-state index contributed by atoms with van der Waals surface area (Å²) < 4.78 is 5.21. The molecule has 1 aromatic rings. The van der Waals surface area contributed by atoms with Gasteiger partial charge in [0, 0.05) is 6.04 Å². The van der Waals surface area contributed by atoms with Crippen LogP contribution in [0.4, 0.5) is 0 Å². The van der Waals surface area contributed by atoms with Crippen molar-refractivity contribution in [3.05, 3.63) is 29.8 Å². The zero-order chi connectivity index (χ0) is 15.0. The molecule has 0 bridgehead atoms. The predicted octanol–water partition coefficient (Wildman–Crippen LogP) is 2.70. The van der Waals surface area contributed by atoms with Crippen LogP contribution in [0.5, 0.6) is 5.75 Å². The Kier molecular flexibility index (Phi) is 3.89. The Morgan fingerprint density at radius 2 is 1.95 bits per heavy atom. The molecule has 3 rings (SSSR count). The van der Waals surface area contributed by atoms with Crippen LogP contribution in [0.25, 0.3) is 0 Å². The first-order valence-electron chi connectivity index (χ1n) is 7.84. The molecule has 3 atom stereocenters. The fraction of sp³-hybridized carbons (Fsp3) is 0.588. The number of ether oxygens (including phenoxy) is 1. The molecule has 1 saturated carbocycles. The van der Waals surface area contributed by atoms with Gasteiger partial charge in [-0.15, -0.1) is 0 Å². The van der Waals surface area contributed by atoms with Crippen molar-refractivity contribution in [2.75, 3.05) is 7.11 Å². The van der Waals surface area contributed by atoms with Crippen LogP contribution in [-0.2, 0) is 4.79 Å². The first kappa shape index (κ1) is 14.4. The molecular formula is C17H24N2O2. The molecule has 1 heterocycles. The Morgan fingerprint density at radius 1 is 1.29 bits per heavy atom. The maximum absolute atomic E-state index is 12.5. The average molecular weight is 288 g/mol. The normalized spacial score (nSPS) is 27.6. The van der Waals surface area contributed by atoms with Crippen LogP contribution in [0.3, 0.4) is 0 Å². The lowest BCUT2D eigenvalue weighted by molar-refractivity contribution is -0.133. The maximum Gasteiger partial charge on any atom is 0.241 e. The zero-order valence-electron chi connectivity index (χ0n) is 13.0. The number of amides is 1. The van der Waals surface area contributed by atoms with E-state index in [9.17, 15) is 4.79 Å². The SMILES string of the molecule is COc1ccc(C2NC(C)C(=O)N2C(C)C2CCC2)cc1. The average Bonchev–Trinajstić information content (AvgIpc) is 2.73. The Hall–Kier alpha value is -1.55. The van der Waals surface area contributed by atoms with Crippen molar-refractivity contribution < 1.29 is 9.53 Å². The Labute approximate surface area is 126 Å². The first-order valence-corrected chi connectivity index (χ1v) is 7.84. The largest absolute Gasteiger partial charge is 0.497 e. The summed E-state index contributed by atoms with van der Waals surface area (Å²) in [5.41, 5.74) is 1.12. The first-order chi connectivity index (χ1) is 10.1. The minimum absolute atomic E-state index is 0.0194.